The van der Waals surface area contributed by atoms with Crippen LogP contribution in [-0.2, 0) is 0 Å². The molecule has 0 saturated carbocycles. The molecule has 11 aromatic carbocycles. The molecule has 0 bridgehead atoms. The van der Waals surface area contributed by atoms with Crippen molar-refractivity contribution in [2.45, 2.75) is 0 Å². The highest BCUT2D eigenvalue weighted by molar-refractivity contribution is 6.28. The summed E-state index contributed by atoms with van der Waals surface area (Å²) in [4.78, 5) is 2.39. The number of rotatable bonds is 6. The summed E-state index contributed by atoms with van der Waals surface area (Å²) >= 11 is 0. The summed E-state index contributed by atoms with van der Waals surface area (Å²) in [5.41, 5.74) is 11.7. The van der Waals surface area contributed by atoms with Crippen LogP contribution in [-0.4, -0.2) is 4.57 Å². The van der Waals surface area contributed by atoms with Gasteiger partial charge in [-0.05, 0) is 126 Å². The maximum atomic E-state index is 2.39. The molecule has 0 atom stereocenters. The smallest absolute Gasteiger partial charge is 0.0542 e. The molecule has 12 aromatic rings. The van der Waals surface area contributed by atoms with Gasteiger partial charge in [-0.1, -0.05) is 170 Å². The number of fused-ring (bicyclic) bond motifs is 10. The molecule has 0 amide bonds. The molecule has 0 aliphatic rings. The molecule has 280 valence electrons. The second-order valence-electron chi connectivity index (χ2n) is 15.7. The minimum atomic E-state index is 1.10. The van der Waals surface area contributed by atoms with Gasteiger partial charge in [0.15, 0.2) is 0 Å². The van der Waals surface area contributed by atoms with Gasteiger partial charge in [-0.25, -0.2) is 0 Å². The van der Waals surface area contributed by atoms with Crippen molar-refractivity contribution in [1.82, 2.24) is 4.57 Å². The number of hydrogen-bond donors (Lipinski definition) is 0. The third-order valence-electron chi connectivity index (χ3n) is 12.3. The van der Waals surface area contributed by atoms with Crippen molar-refractivity contribution in [3.63, 3.8) is 0 Å². The van der Waals surface area contributed by atoms with Crippen molar-refractivity contribution < 1.29 is 0 Å². The summed E-state index contributed by atoms with van der Waals surface area (Å²) < 4.78 is 2.38. The Hall–Kier alpha value is -7.94. The Bertz CT molecular complexity index is 3560. The van der Waals surface area contributed by atoms with Gasteiger partial charge >= 0.3 is 0 Å². The molecule has 1 aromatic heterocycles. The maximum Gasteiger partial charge on any atom is 0.0542 e. The second-order valence-corrected chi connectivity index (χ2v) is 15.7. The van der Waals surface area contributed by atoms with Gasteiger partial charge in [-0.2, -0.15) is 0 Å². The van der Waals surface area contributed by atoms with E-state index in [1.165, 1.54) is 87.1 Å². The predicted molar refractivity (Wildman–Crippen MR) is 256 cm³/mol. The van der Waals surface area contributed by atoms with E-state index in [0.717, 1.165) is 22.7 Å². The molecule has 2 nitrogen and oxygen atoms in total. The molecular weight excluding hydrogens is 725 g/mol. The molecule has 0 radical (unpaired) electrons. The van der Waals surface area contributed by atoms with Crippen LogP contribution in [0, 0.1) is 0 Å². The van der Waals surface area contributed by atoms with Crippen LogP contribution in [0.25, 0.3) is 92.8 Å². The third-order valence-corrected chi connectivity index (χ3v) is 12.3. The summed E-state index contributed by atoms with van der Waals surface area (Å²) in [7, 11) is 0. The Morgan fingerprint density at radius 2 is 0.817 bits per heavy atom. The molecule has 0 saturated heterocycles. The summed E-state index contributed by atoms with van der Waals surface area (Å²) in [6, 6.07) is 84.2. The van der Waals surface area contributed by atoms with E-state index >= 15 is 0 Å². The Labute approximate surface area is 348 Å². The lowest BCUT2D eigenvalue weighted by molar-refractivity contribution is 1.18. The highest BCUT2D eigenvalue weighted by Gasteiger charge is 2.19. The third kappa shape index (κ3) is 5.50. The van der Waals surface area contributed by atoms with Crippen LogP contribution < -0.4 is 4.90 Å². The van der Waals surface area contributed by atoms with Gasteiger partial charge in [0.05, 0.1) is 11.0 Å². The standard InChI is InChI=1S/C58H38N2/c1-3-12-39(13-4-1)40-26-31-46(32-27-40)59(48-35-37-56-54(38-48)52-18-9-10-21-55(52)60(56)45-15-5-2-6-16-45)47-33-28-42(29-34-47)49-19-11-20-53-51(49)36-30-44-25-24-43-23-22-41-14-7-8-17-50(41)57(43)58(44)53/h1-38H. The first-order chi connectivity index (χ1) is 29.8. The van der Waals surface area contributed by atoms with Crippen LogP contribution in [0.4, 0.5) is 17.1 Å². The van der Waals surface area contributed by atoms with E-state index in [-0.39, 0.29) is 0 Å². The molecule has 0 unspecified atom stereocenters. The lowest BCUT2D eigenvalue weighted by atomic mass is 9.90. The van der Waals surface area contributed by atoms with E-state index in [2.05, 4.69) is 240 Å². The predicted octanol–water partition coefficient (Wildman–Crippen LogP) is 16.2. The minimum absolute atomic E-state index is 1.10. The zero-order valence-corrected chi connectivity index (χ0v) is 32.8. The van der Waals surface area contributed by atoms with Crippen LogP contribution in [0.3, 0.4) is 0 Å². The zero-order chi connectivity index (χ0) is 39.6. The van der Waals surface area contributed by atoms with Gasteiger partial charge in [0.2, 0.25) is 0 Å². The molecule has 1 heterocycles. The fraction of sp³-hybridized carbons (Fsp3) is 0. The van der Waals surface area contributed by atoms with E-state index in [0.29, 0.717) is 0 Å². The monoisotopic (exact) mass is 762 g/mol. The van der Waals surface area contributed by atoms with Gasteiger partial charge in [0.1, 0.15) is 0 Å². The number of hydrogen-bond acceptors (Lipinski definition) is 1. The van der Waals surface area contributed by atoms with Crippen LogP contribution in [0.15, 0.2) is 231 Å². The van der Waals surface area contributed by atoms with E-state index in [1.54, 1.807) is 0 Å². The maximum absolute atomic E-state index is 2.39. The lowest BCUT2D eigenvalue weighted by Crippen LogP contribution is -2.10. The van der Waals surface area contributed by atoms with Crippen LogP contribution in [0.2, 0.25) is 0 Å². The minimum Gasteiger partial charge on any atom is -0.310 e. The quantitative estimate of drug-likeness (QED) is 0.153. The first-order valence-corrected chi connectivity index (χ1v) is 20.7. The van der Waals surface area contributed by atoms with E-state index in [4.69, 9.17) is 0 Å². The largest absolute Gasteiger partial charge is 0.310 e. The van der Waals surface area contributed by atoms with E-state index in [1.807, 2.05) is 0 Å². The van der Waals surface area contributed by atoms with Crippen molar-refractivity contribution in [2.24, 2.45) is 0 Å². The summed E-state index contributed by atoms with van der Waals surface area (Å²) in [6.45, 7) is 0. The SMILES string of the molecule is c1ccc(-c2ccc(N(c3ccc(-c4cccc5c4ccc4ccc6ccc7ccccc7c6c45)cc3)c3ccc4c(c3)c3ccccc3n4-c3ccccc3)cc2)cc1. The van der Waals surface area contributed by atoms with Gasteiger partial charge < -0.3 is 9.47 Å². The van der Waals surface area contributed by atoms with Crippen molar-refractivity contribution >= 4 is 82.0 Å². The molecule has 12 rings (SSSR count). The number of anilines is 3. The van der Waals surface area contributed by atoms with Crippen molar-refractivity contribution in [1.29, 1.82) is 0 Å². The Morgan fingerprint density at radius 1 is 0.283 bits per heavy atom. The Kier molecular flexibility index (Phi) is 7.89. The molecule has 60 heavy (non-hydrogen) atoms. The lowest BCUT2D eigenvalue weighted by Gasteiger charge is -2.26. The fourth-order valence-electron chi connectivity index (χ4n) is 9.56. The summed E-state index contributed by atoms with van der Waals surface area (Å²) in [5, 5.41) is 12.7. The van der Waals surface area contributed by atoms with Gasteiger partial charge in [0, 0.05) is 33.5 Å². The van der Waals surface area contributed by atoms with Crippen molar-refractivity contribution in [2.75, 3.05) is 4.90 Å². The van der Waals surface area contributed by atoms with E-state index < -0.39 is 0 Å². The van der Waals surface area contributed by atoms with E-state index in [9.17, 15) is 0 Å². The fourth-order valence-corrected chi connectivity index (χ4v) is 9.56. The van der Waals surface area contributed by atoms with Crippen LogP contribution in [0.5, 0.6) is 0 Å². The van der Waals surface area contributed by atoms with Gasteiger partial charge in [-0.15, -0.1) is 0 Å². The first kappa shape index (κ1) is 34.1. The molecule has 0 aliphatic heterocycles. The van der Waals surface area contributed by atoms with Crippen molar-refractivity contribution in [3.05, 3.63) is 231 Å². The number of benzene rings is 11. The average Bonchev–Trinajstić information content (AvgIpc) is 3.66. The number of nitrogens with zero attached hydrogens (tertiary/aromatic N) is 2. The average molecular weight is 763 g/mol. The molecule has 2 heteroatoms. The summed E-state index contributed by atoms with van der Waals surface area (Å²) in [6.07, 6.45) is 0. The highest BCUT2D eigenvalue weighted by Crippen LogP contribution is 2.43. The Morgan fingerprint density at radius 3 is 1.57 bits per heavy atom. The summed E-state index contributed by atoms with van der Waals surface area (Å²) in [5.74, 6) is 0. The number of para-hydroxylation sites is 2. The topological polar surface area (TPSA) is 8.17 Å². The van der Waals surface area contributed by atoms with Crippen LogP contribution >= 0.6 is 0 Å². The van der Waals surface area contributed by atoms with Crippen molar-refractivity contribution in [3.8, 4) is 27.9 Å². The molecule has 0 aliphatic carbocycles. The number of aromatic nitrogens is 1. The molecular formula is C58H38N2. The molecule has 0 fully saturated rings. The Balaban J connectivity index is 1.01. The molecule has 0 N–H and O–H groups in total. The van der Waals surface area contributed by atoms with Gasteiger partial charge in [0.25, 0.3) is 0 Å². The zero-order valence-electron chi connectivity index (χ0n) is 32.8. The molecule has 0 spiro atoms. The first-order valence-electron chi connectivity index (χ1n) is 20.7. The van der Waals surface area contributed by atoms with Gasteiger partial charge in [-0.3, -0.25) is 0 Å². The normalized spacial score (nSPS) is 11.7. The second kappa shape index (κ2) is 13.9. The van der Waals surface area contributed by atoms with Crippen LogP contribution in [0.1, 0.15) is 0 Å². The highest BCUT2D eigenvalue weighted by atomic mass is 15.1.